The minimum absolute atomic E-state index is 0.00628. The first-order chi connectivity index (χ1) is 8.72. The zero-order chi connectivity index (χ0) is 12.5. The Bertz CT molecular complexity index is 594. The summed E-state index contributed by atoms with van der Waals surface area (Å²) in [7, 11) is 0. The van der Waals surface area contributed by atoms with Gasteiger partial charge in [0, 0.05) is 11.9 Å². The van der Waals surface area contributed by atoms with Gasteiger partial charge >= 0.3 is 0 Å². The Balaban J connectivity index is 1.80. The van der Waals surface area contributed by atoms with E-state index >= 15 is 0 Å². The van der Waals surface area contributed by atoms with Crippen molar-refractivity contribution < 1.29 is 4.79 Å². The van der Waals surface area contributed by atoms with Crippen LogP contribution in [0.5, 0.6) is 0 Å². The van der Waals surface area contributed by atoms with E-state index in [-0.39, 0.29) is 5.91 Å². The van der Waals surface area contributed by atoms with Gasteiger partial charge in [-0.1, -0.05) is 11.6 Å². The summed E-state index contributed by atoms with van der Waals surface area (Å²) in [6, 6.07) is 3.68. The standard InChI is InChI=1S/C12H11ClN4O/c13-9-3-10-7(2-12(18)17-10)1-11(9)15-5-8-4-14-6-16-8/h1,3-4,6,15H,2,5H2,(H,14,16)(H,17,18). The van der Waals surface area contributed by atoms with E-state index in [1.54, 1.807) is 18.6 Å². The van der Waals surface area contributed by atoms with Crippen LogP contribution >= 0.6 is 11.6 Å². The summed E-state index contributed by atoms with van der Waals surface area (Å²) in [5, 5.41) is 6.58. The van der Waals surface area contributed by atoms with Gasteiger partial charge in [0.15, 0.2) is 0 Å². The Hall–Kier alpha value is -2.01. The molecule has 0 saturated heterocycles. The molecule has 1 aromatic heterocycles. The third-order valence-electron chi connectivity index (χ3n) is 2.84. The molecule has 1 amide bonds. The highest BCUT2D eigenvalue weighted by atomic mass is 35.5. The molecule has 92 valence electrons. The Morgan fingerprint density at radius 2 is 2.33 bits per heavy atom. The molecule has 2 heterocycles. The molecule has 0 atom stereocenters. The van der Waals surface area contributed by atoms with Crippen molar-refractivity contribution in [2.45, 2.75) is 13.0 Å². The van der Waals surface area contributed by atoms with Crippen LogP contribution in [0.2, 0.25) is 5.02 Å². The van der Waals surface area contributed by atoms with Gasteiger partial charge in [-0.15, -0.1) is 0 Å². The van der Waals surface area contributed by atoms with E-state index in [1.165, 1.54) is 0 Å². The average Bonchev–Trinajstić information content (AvgIpc) is 2.94. The summed E-state index contributed by atoms with van der Waals surface area (Å²) in [5.74, 6) is 0.00628. The fraction of sp³-hybridized carbons (Fsp3) is 0.167. The number of nitrogens with one attached hydrogen (secondary N) is 3. The highest BCUT2D eigenvalue weighted by Gasteiger charge is 2.19. The third-order valence-corrected chi connectivity index (χ3v) is 3.15. The van der Waals surface area contributed by atoms with Crippen LogP contribution in [0.4, 0.5) is 11.4 Å². The van der Waals surface area contributed by atoms with Crippen LogP contribution in [0.1, 0.15) is 11.3 Å². The first kappa shape index (κ1) is 11.1. The van der Waals surface area contributed by atoms with E-state index in [0.717, 1.165) is 22.6 Å². The number of imidazole rings is 1. The van der Waals surface area contributed by atoms with Crippen LogP contribution in [0.15, 0.2) is 24.7 Å². The maximum atomic E-state index is 11.3. The van der Waals surface area contributed by atoms with E-state index in [1.807, 2.05) is 6.07 Å². The molecule has 3 rings (SSSR count). The summed E-state index contributed by atoms with van der Waals surface area (Å²) in [6.45, 7) is 0.611. The largest absolute Gasteiger partial charge is 0.378 e. The molecule has 1 aliphatic heterocycles. The van der Waals surface area contributed by atoms with E-state index in [4.69, 9.17) is 11.6 Å². The molecule has 0 aliphatic carbocycles. The smallest absolute Gasteiger partial charge is 0.228 e. The van der Waals surface area contributed by atoms with Gasteiger partial charge in [0.25, 0.3) is 0 Å². The summed E-state index contributed by atoms with van der Waals surface area (Å²) >= 11 is 6.16. The number of H-pyrrole nitrogens is 1. The van der Waals surface area contributed by atoms with Gasteiger partial charge < -0.3 is 15.6 Å². The lowest BCUT2D eigenvalue weighted by molar-refractivity contribution is -0.115. The zero-order valence-electron chi connectivity index (χ0n) is 9.46. The molecule has 0 fully saturated rings. The van der Waals surface area contributed by atoms with E-state index in [0.29, 0.717) is 18.0 Å². The predicted molar refractivity (Wildman–Crippen MR) is 69.7 cm³/mol. The van der Waals surface area contributed by atoms with E-state index in [2.05, 4.69) is 20.6 Å². The van der Waals surface area contributed by atoms with Gasteiger partial charge in [-0.25, -0.2) is 4.98 Å². The average molecular weight is 263 g/mol. The van der Waals surface area contributed by atoms with Gasteiger partial charge in [0.1, 0.15) is 0 Å². The maximum Gasteiger partial charge on any atom is 0.228 e. The van der Waals surface area contributed by atoms with Crippen molar-refractivity contribution in [1.29, 1.82) is 0 Å². The number of rotatable bonds is 3. The minimum atomic E-state index is 0.00628. The lowest BCUT2D eigenvalue weighted by Gasteiger charge is -2.09. The van der Waals surface area contributed by atoms with Gasteiger partial charge in [0.2, 0.25) is 5.91 Å². The van der Waals surface area contributed by atoms with Crippen molar-refractivity contribution in [3.05, 3.63) is 40.9 Å². The quantitative estimate of drug-likeness (QED) is 0.794. The molecule has 6 heteroatoms. The Morgan fingerprint density at radius 3 is 3.11 bits per heavy atom. The second kappa shape index (κ2) is 4.34. The summed E-state index contributed by atoms with van der Waals surface area (Å²) in [6.07, 6.45) is 3.79. The van der Waals surface area contributed by atoms with Crippen LogP contribution in [0.3, 0.4) is 0 Å². The lowest BCUT2D eigenvalue weighted by Crippen LogP contribution is -2.03. The van der Waals surface area contributed by atoms with E-state index < -0.39 is 0 Å². The molecule has 5 nitrogen and oxygen atoms in total. The van der Waals surface area contributed by atoms with Crippen LogP contribution < -0.4 is 10.6 Å². The first-order valence-electron chi connectivity index (χ1n) is 5.56. The number of halogens is 1. The molecule has 0 unspecified atom stereocenters. The van der Waals surface area contributed by atoms with Crippen LogP contribution in [0.25, 0.3) is 0 Å². The van der Waals surface area contributed by atoms with Crippen LogP contribution in [-0.4, -0.2) is 15.9 Å². The fourth-order valence-corrected chi connectivity index (χ4v) is 2.19. The number of fused-ring (bicyclic) bond motifs is 1. The molecule has 0 spiro atoms. The Morgan fingerprint density at radius 1 is 1.44 bits per heavy atom. The van der Waals surface area contributed by atoms with Crippen molar-refractivity contribution in [1.82, 2.24) is 9.97 Å². The number of hydrogen-bond acceptors (Lipinski definition) is 3. The van der Waals surface area contributed by atoms with Gasteiger partial charge in [-0.2, -0.15) is 0 Å². The maximum absolute atomic E-state index is 11.3. The highest BCUT2D eigenvalue weighted by Crippen LogP contribution is 2.32. The molecule has 3 N–H and O–H groups in total. The van der Waals surface area contributed by atoms with Gasteiger partial charge in [-0.3, -0.25) is 4.79 Å². The van der Waals surface area contributed by atoms with Crippen molar-refractivity contribution >= 4 is 28.9 Å². The number of aromatic amines is 1. The molecule has 18 heavy (non-hydrogen) atoms. The summed E-state index contributed by atoms with van der Waals surface area (Å²) in [5.41, 5.74) is 3.57. The first-order valence-corrected chi connectivity index (χ1v) is 5.93. The molecular weight excluding hydrogens is 252 g/mol. The van der Waals surface area contributed by atoms with Crippen molar-refractivity contribution in [2.24, 2.45) is 0 Å². The number of carbonyl (C=O) groups is 1. The number of anilines is 2. The minimum Gasteiger partial charge on any atom is -0.378 e. The second-order valence-electron chi connectivity index (χ2n) is 4.14. The number of nitrogens with zero attached hydrogens (tertiary/aromatic N) is 1. The molecule has 1 aliphatic rings. The molecule has 0 bridgehead atoms. The molecule has 0 radical (unpaired) electrons. The SMILES string of the molecule is O=C1Cc2cc(NCc3cnc[nH]3)c(Cl)cc2N1. The summed E-state index contributed by atoms with van der Waals surface area (Å²) < 4.78 is 0. The van der Waals surface area contributed by atoms with Crippen LogP contribution in [-0.2, 0) is 17.8 Å². The van der Waals surface area contributed by atoms with Gasteiger partial charge in [-0.05, 0) is 17.7 Å². The fourth-order valence-electron chi connectivity index (χ4n) is 1.96. The Labute approximate surface area is 109 Å². The van der Waals surface area contributed by atoms with Crippen molar-refractivity contribution in [3.8, 4) is 0 Å². The number of carbonyl (C=O) groups excluding carboxylic acids is 1. The Kier molecular flexibility index (Phi) is 2.68. The molecule has 2 aromatic rings. The normalized spacial score (nSPS) is 13.3. The topological polar surface area (TPSA) is 69.8 Å². The third kappa shape index (κ3) is 2.04. The number of hydrogen-bond donors (Lipinski definition) is 3. The zero-order valence-corrected chi connectivity index (χ0v) is 10.2. The van der Waals surface area contributed by atoms with Crippen molar-refractivity contribution in [2.75, 3.05) is 10.6 Å². The van der Waals surface area contributed by atoms with Crippen molar-refractivity contribution in [3.63, 3.8) is 0 Å². The monoisotopic (exact) mass is 262 g/mol. The van der Waals surface area contributed by atoms with Gasteiger partial charge in [0.05, 0.1) is 35.7 Å². The molecular formula is C12H11ClN4O. The highest BCUT2D eigenvalue weighted by molar-refractivity contribution is 6.33. The second-order valence-corrected chi connectivity index (χ2v) is 4.55. The number of aromatic nitrogens is 2. The number of benzene rings is 1. The molecule has 1 aromatic carbocycles. The molecule has 0 saturated carbocycles. The number of amides is 1. The predicted octanol–water partition coefficient (Wildman–Crippen LogP) is 2.17. The lowest BCUT2D eigenvalue weighted by atomic mass is 10.1. The summed E-state index contributed by atoms with van der Waals surface area (Å²) in [4.78, 5) is 18.2. The van der Waals surface area contributed by atoms with Crippen LogP contribution in [0, 0.1) is 0 Å². The van der Waals surface area contributed by atoms with E-state index in [9.17, 15) is 4.79 Å².